The summed E-state index contributed by atoms with van der Waals surface area (Å²) in [6, 6.07) is 9.11. The highest BCUT2D eigenvalue weighted by Crippen LogP contribution is 2.48. The van der Waals surface area contributed by atoms with Gasteiger partial charge in [-0.05, 0) is 67.9 Å². The number of nitrogens with one attached hydrogen (secondary N) is 3. The molecule has 2 aliphatic rings. The van der Waals surface area contributed by atoms with Gasteiger partial charge in [-0.25, -0.2) is 9.78 Å². The summed E-state index contributed by atoms with van der Waals surface area (Å²) >= 11 is 0. The van der Waals surface area contributed by atoms with E-state index in [9.17, 15) is 14.4 Å². The topological polar surface area (TPSA) is 133 Å². The van der Waals surface area contributed by atoms with Crippen LogP contribution < -0.4 is 20.7 Å². The SMILES string of the molecule is CCC(Oc1ncc(C)cc1C)C(=O)NCc1cccc(NC(=O)NC2CC3(C2)CN(CC(=O)O)C3)c1. The molecule has 1 aliphatic carbocycles. The Kier molecular flexibility index (Phi) is 7.97. The fourth-order valence-electron chi connectivity index (χ4n) is 5.25. The van der Waals surface area contributed by atoms with Crippen LogP contribution in [0.25, 0.3) is 0 Å². The summed E-state index contributed by atoms with van der Waals surface area (Å²) in [5.74, 6) is -0.576. The molecule has 2 fully saturated rings. The Hall–Kier alpha value is -3.66. The van der Waals surface area contributed by atoms with Gasteiger partial charge >= 0.3 is 12.0 Å². The molecule has 1 aliphatic heterocycles. The zero-order chi connectivity index (χ0) is 26.6. The molecule has 1 saturated carbocycles. The highest BCUT2D eigenvalue weighted by atomic mass is 16.5. The van der Waals surface area contributed by atoms with Gasteiger partial charge < -0.3 is 25.8 Å². The van der Waals surface area contributed by atoms with Crippen molar-refractivity contribution in [3.63, 3.8) is 0 Å². The van der Waals surface area contributed by atoms with Crippen molar-refractivity contribution in [1.82, 2.24) is 20.5 Å². The number of rotatable bonds is 10. The number of carbonyl (C=O) groups is 3. The molecule has 1 atom stereocenters. The van der Waals surface area contributed by atoms with Gasteiger partial charge in [0.1, 0.15) is 0 Å². The molecule has 198 valence electrons. The van der Waals surface area contributed by atoms with Crippen molar-refractivity contribution in [3.8, 4) is 5.88 Å². The lowest BCUT2D eigenvalue weighted by atomic mass is 9.60. The average molecular weight is 510 g/mol. The van der Waals surface area contributed by atoms with Crippen LogP contribution in [0.1, 0.15) is 42.9 Å². The second-order valence-electron chi connectivity index (χ2n) is 10.3. The van der Waals surface area contributed by atoms with Gasteiger partial charge in [-0.1, -0.05) is 19.1 Å². The predicted molar refractivity (Wildman–Crippen MR) is 138 cm³/mol. The lowest BCUT2D eigenvalue weighted by Gasteiger charge is -2.58. The van der Waals surface area contributed by atoms with Crippen LogP contribution in [0, 0.1) is 19.3 Å². The van der Waals surface area contributed by atoms with Crippen molar-refractivity contribution >= 4 is 23.6 Å². The van der Waals surface area contributed by atoms with Crippen molar-refractivity contribution < 1.29 is 24.2 Å². The molecule has 1 unspecified atom stereocenters. The molecular formula is C27H35N5O5. The maximum atomic E-state index is 12.7. The number of anilines is 1. The van der Waals surface area contributed by atoms with Crippen LogP contribution in [0.15, 0.2) is 36.5 Å². The van der Waals surface area contributed by atoms with E-state index in [4.69, 9.17) is 9.84 Å². The van der Waals surface area contributed by atoms with E-state index in [1.165, 1.54) is 0 Å². The molecule has 2 aromatic rings. The maximum absolute atomic E-state index is 12.7. The van der Waals surface area contributed by atoms with Crippen molar-refractivity contribution in [2.75, 3.05) is 25.0 Å². The first kappa shape index (κ1) is 26.4. The number of nitrogens with zero attached hydrogens (tertiary/aromatic N) is 2. The van der Waals surface area contributed by atoms with Gasteiger partial charge in [-0.3, -0.25) is 14.5 Å². The second-order valence-corrected chi connectivity index (χ2v) is 10.3. The largest absolute Gasteiger partial charge is 0.480 e. The molecule has 1 aromatic carbocycles. The van der Waals surface area contributed by atoms with E-state index in [0.717, 1.165) is 42.6 Å². The quantitative estimate of drug-likeness (QED) is 0.387. The number of hydrogen-bond donors (Lipinski definition) is 4. The van der Waals surface area contributed by atoms with Crippen molar-refractivity contribution in [2.24, 2.45) is 5.41 Å². The number of carbonyl (C=O) groups excluding carboxylic acids is 2. The molecule has 1 spiro atoms. The van der Waals surface area contributed by atoms with Crippen LogP contribution in [0.2, 0.25) is 0 Å². The number of benzene rings is 1. The minimum Gasteiger partial charge on any atom is -0.480 e. The summed E-state index contributed by atoms with van der Waals surface area (Å²) in [4.78, 5) is 42.2. The number of amides is 3. The minimum atomic E-state index is -0.807. The van der Waals surface area contributed by atoms with E-state index in [2.05, 4.69) is 20.9 Å². The third-order valence-electron chi connectivity index (χ3n) is 6.91. The summed E-state index contributed by atoms with van der Waals surface area (Å²) in [5, 5.41) is 17.6. The summed E-state index contributed by atoms with van der Waals surface area (Å²) < 4.78 is 5.86. The molecule has 10 nitrogen and oxygen atoms in total. The highest BCUT2D eigenvalue weighted by Gasteiger charge is 2.52. The van der Waals surface area contributed by atoms with Gasteiger partial charge in [-0.2, -0.15) is 0 Å². The number of pyridine rings is 1. The Bertz CT molecular complexity index is 1160. The second kappa shape index (κ2) is 11.2. The van der Waals surface area contributed by atoms with Crippen molar-refractivity contribution in [3.05, 3.63) is 53.2 Å². The molecule has 1 aromatic heterocycles. The number of likely N-dealkylation sites (tertiary alicyclic amines) is 1. The third kappa shape index (κ3) is 6.76. The zero-order valence-corrected chi connectivity index (χ0v) is 21.5. The zero-order valence-electron chi connectivity index (χ0n) is 21.5. The molecule has 3 amide bonds. The molecule has 4 rings (SSSR count). The van der Waals surface area contributed by atoms with Crippen molar-refractivity contribution in [2.45, 2.75) is 58.7 Å². The van der Waals surface area contributed by atoms with Crippen molar-refractivity contribution in [1.29, 1.82) is 0 Å². The van der Waals surface area contributed by atoms with E-state index in [0.29, 0.717) is 24.5 Å². The first-order chi connectivity index (χ1) is 17.6. The number of hydrogen-bond acceptors (Lipinski definition) is 6. The number of ether oxygens (including phenoxy) is 1. The first-order valence-electron chi connectivity index (χ1n) is 12.6. The van der Waals surface area contributed by atoms with Crippen LogP contribution >= 0.6 is 0 Å². The van der Waals surface area contributed by atoms with Crippen LogP contribution in [0.3, 0.4) is 0 Å². The Morgan fingerprint density at radius 2 is 1.97 bits per heavy atom. The number of aryl methyl sites for hydroxylation is 2. The average Bonchev–Trinajstić information content (AvgIpc) is 2.79. The van der Waals surface area contributed by atoms with Gasteiger partial charge in [0.15, 0.2) is 6.10 Å². The molecule has 10 heteroatoms. The van der Waals surface area contributed by atoms with E-state index in [-0.39, 0.29) is 29.9 Å². The number of carboxylic acids is 1. The summed E-state index contributed by atoms with van der Waals surface area (Å²) in [7, 11) is 0. The van der Waals surface area contributed by atoms with Crippen LogP contribution in [-0.4, -0.2) is 64.7 Å². The predicted octanol–water partition coefficient (Wildman–Crippen LogP) is 2.84. The molecular weight excluding hydrogens is 474 g/mol. The third-order valence-corrected chi connectivity index (χ3v) is 6.91. The van der Waals surface area contributed by atoms with Gasteiger partial charge in [0.05, 0.1) is 6.54 Å². The Morgan fingerprint density at radius 3 is 2.65 bits per heavy atom. The molecule has 0 radical (unpaired) electrons. The number of aromatic nitrogens is 1. The Balaban J connectivity index is 1.21. The van der Waals surface area contributed by atoms with E-state index in [1.54, 1.807) is 12.3 Å². The van der Waals surface area contributed by atoms with Crippen LogP contribution in [-0.2, 0) is 16.1 Å². The highest BCUT2D eigenvalue weighted by molar-refractivity contribution is 5.89. The minimum absolute atomic E-state index is 0.0763. The fourth-order valence-corrected chi connectivity index (χ4v) is 5.25. The lowest BCUT2D eigenvalue weighted by Crippen LogP contribution is -2.67. The smallest absolute Gasteiger partial charge is 0.319 e. The van der Waals surface area contributed by atoms with Crippen LogP contribution in [0.4, 0.5) is 10.5 Å². The van der Waals surface area contributed by atoms with Gasteiger partial charge in [0.2, 0.25) is 5.88 Å². The maximum Gasteiger partial charge on any atom is 0.319 e. The molecule has 4 N–H and O–H groups in total. The van der Waals surface area contributed by atoms with Gasteiger partial charge in [0.25, 0.3) is 5.91 Å². The van der Waals surface area contributed by atoms with E-state index < -0.39 is 12.1 Å². The molecule has 37 heavy (non-hydrogen) atoms. The fraction of sp³-hybridized carbons (Fsp3) is 0.481. The van der Waals surface area contributed by atoms with E-state index >= 15 is 0 Å². The monoisotopic (exact) mass is 509 g/mol. The Morgan fingerprint density at radius 1 is 1.22 bits per heavy atom. The number of carboxylic acid groups (broad SMARTS) is 1. The van der Waals surface area contributed by atoms with Crippen LogP contribution in [0.5, 0.6) is 5.88 Å². The standard InChI is InChI=1S/C27H35N5O5/c1-4-22(37-25-18(3)8-17(2)12-29-25)24(35)28-13-19-6-5-7-20(9-19)30-26(36)31-21-10-27(11-21)15-32(16-27)14-23(33)34/h5-9,12,21-22H,4,10-11,13-16H2,1-3H3,(H,28,35)(H,33,34)(H2,30,31,36). The summed E-state index contributed by atoms with van der Waals surface area (Å²) in [5.41, 5.74) is 3.55. The molecule has 2 heterocycles. The Labute approximate surface area is 216 Å². The first-order valence-corrected chi connectivity index (χ1v) is 12.6. The number of urea groups is 1. The number of aliphatic carboxylic acids is 1. The summed E-state index contributed by atoms with van der Waals surface area (Å²) in [6.45, 7) is 7.67. The normalized spacial score (nSPS) is 17.3. The lowest BCUT2D eigenvalue weighted by molar-refractivity contribution is -0.145. The van der Waals surface area contributed by atoms with Gasteiger partial charge in [-0.15, -0.1) is 0 Å². The van der Waals surface area contributed by atoms with Gasteiger partial charge in [0, 0.05) is 43.1 Å². The van der Waals surface area contributed by atoms with E-state index in [1.807, 2.05) is 49.9 Å². The summed E-state index contributed by atoms with van der Waals surface area (Å²) in [6.07, 6.45) is 3.29. The molecule has 1 saturated heterocycles. The molecule has 0 bridgehead atoms.